The predicted octanol–water partition coefficient (Wildman–Crippen LogP) is 2.38. The van der Waals surface area contributed by atoms with Crippen molar-refractivity contribution in [1.29, 1.82) is 5.26 Å². The quantitative estimate of drug-likeness (QED) is 0.635. The smallest absolute Gasteiger partial charge is 0.306 e. The van der Waals surface area contributed by atoms with Gasteiger partial charge in [-0.15, -0.1) is 0 Å². The minimum atomic E-state index is -0.787. The molecular formula is C14H15N3O4. The molecule has 2 unspecified atom stereocenters. The second kappa shape index (κ2) is 6.22. The van der Waals surface area contributed by atoms with Gasteiger partial charge in [0.2, 0.25) is 0 Å². The lowest BCUT2D eigenvalue weighted by molar-refractivity contribution is -0.385. The summed E-state index contributed by atoms with van der Waals surface area (Å²) in [5.41, 5.74) is 0.287. The van der Waals surface area contributed by atoms with E-state index in [1.165, 1.54) is 12.1 Å². The zero-order valence-corrected chi connectivity index (χ0v) is 11.3. The van der Waals surface area contributed by atoms with Crippen molar-refractivity contribution in [3.8, 4) is 6.07 Å². The molecular weight excluding hydrogens is 274 g/mol. The normalized spacial score (nSPS) is 20.7. The lowest BCUT2D eigenvalue weighted by Gasteiger charge is -2.17. The van der Waals surface area contributed by atoms with Gasteiger partial charge < -0.3 is 10.4 Å². The molecule has 1 saturated carbocycles. The number of nitro groups is 1. The number of nitrogens with one attached hydrogen (secondary N) is 1. The van der Waals surface area contributed by atoms with Crippen LogP contribution in [0.4, 0.5) is 11.4 Å². The van der Waals surface area contributed by atoms with Crippen LogP contribution in [0.3, 0.4) is 0 Å². The van der Waals surface area contributed by atoms with Crippen LogP contribution in [0, 0.1) is 33.3 Å². The van der Waals surface area contributed by atoms with Crippen LogP contribution in [-0.2, 0) is 4.79 Å². The number of nitriles is 1. The maximum Gasteiger partial charge on any atom is 0.306 e. The molecule has 21 heavy (non-hydrogen) atoms. The van der Waals surface area contributed by atoms with Crippen LogP contribution >= 0.6 is 0 Å². The Hall–Kier alpha value is -2.62. The Morgan fingerprint density at radius 3 is 2.90 bits per heavy atom. The summed E-state index contributed by atoms with van der Waals surface area (Å²) < 4.78 is 0. The number of hydrogen-bond donors (Lipinski definition) is 2. The van der Waals surface area contributed by atoms with E-state index in [0.717, 1.165) is 12.8 Å². The number of nitrogens with zero attached hydrogens (tertiary/aromatic N) is 2. The minimum absolute atomic E-state index is 0.00910. The SMILES string of the molecule is N#Cc1ccc(NCC2CCCC2C(=O)O)cc1[N+](=O)[O-]. The number of hydrogen-bond acceptors (Lipinski definition) is 5. The van der Waals surface area contributed by atoms with Gasteiger partial charge in [-0.05, 0) is 30.9 Å². The molecule has 2 N–H and O–H groups in total. The van der Waals surface area contributed by atoms with Crippen molar-refractivity contribution in [3.63, 3.8) is 0 Å². The summed E-state index contributed by atoms with van der Waals surface area (Å²) in [7, 11) is 0. The van der Waals surface area contributed by atoms with Crippen LogP contribution in [0.5, 0.6) is 0 Å². The number of aliphatic carboxylic acids is 1. The molecule has 1 aromatic rings. The van der Waals surface area contributed by atoms with Gasteiger partial charge in [0.15, 0.2) is 0 Å². The van der Waals surface area contributed by atoms with Crippen LogP contribution in [-0.4, -0.2) is 22.5 Å². The van der Waals surface area contributed by atoms with Crippen molar-refractivity contribution < 1.29 is 14.8 Å². The van der Waals surface area contributed by atoms with E-state index in [1.54, 1.807) is 12.1 Å². The van der Waals surface area contributed by atoms with Gasteiger partial charge in [0.1, 0.15) is 11.6 Å². The highest BCUT2D eigenvalue weighted by Crippen LogP contribution is 2.32. The highest BCUT2D eigenvalue weighted by Gasteiger charge is 2.32. The third kappa shape index (κ3) is 3.28. The van der Waals surface area contributed by atoms with Crippen LogP contribution < -0.4 is 5.32 Å². The van der Waals surface area contributed by atoms with Gasteiger partial charge in [0.25, 0.3) is 5.69 Å². The summed E-state index contributed by atoms with van der Waals surface area (Å²) in [6.07, 6.45) is 2.40. The maximum atomic E-state index is 11.1. The van der Waals surface area contributed by atoms with Crippen molar-refractivity contribution in [1.82, 2.24) is 0 Å². The van der Waals surface area contributed by atoms with E-state index in [0.29, 0.717) is 18.7 Å². The predicted molar refractivity (Wildman–Crippen MR) is 74.8 cm³/mol. The maximum absolute atomic E-state index is 11.1. The minimum Gasteiger partial charge on any atom is -0.481 e. The first-order chi connectivity index (χ1) is 10.0. The Morgan fingerprint density at radius 1 is 1.52 bits per heavy atom. The molecule has 0 saturated heterocycles. The largest absolute Gasteiger partial charge is 0.481 e. The van der Waals surface area contributed by atoms with E-state index in [2.05, 4.69) is 5.32 Å². The summed E-state index contributed by atoms with van der Waals surface area (Å²) >= 11 is 0. The highest BCUT2D eigenvalue weighted by molar-refractivity contribution is 5.71. The first-order valence-corrected chi connectivity index (χ1v) is 6.68. The molecule has 0 bridgehead atoms. The number of carboxylic acid groups (broad SMARTS) is 1. The Morgan fingerprint density at radius 2 is 2.29 bits per heavy atom. The lowest BCUT2D eigenvalue weighted by Crippen LogP contribution is -2.24. The number of nitro benzene ring substituents is 1. The number of benzene rings is 1. The summed E-state index contributed by atoms with van der Waals surface area (Å²) in [6.45, 7) is 0.458. The molecule has 1 aliphatic rings. The lowest BCUT2D eigenvalue weighted by atomic mass is 9.96. The number of rotatable bonds is 5. The van der Waals surface area contributed by atoms with Crippen LogP contribution in [0.15, 0.2) is 18.2 Å². The summed E-state index contributed by atoms with van der Waals surface area (Å²) in [4.78, 5) is 21.4. The van der Waals surface area contributed by atoms with E-state index in [4.69, 9.17) is 10.4 Å². The van der Waals surface area contributed by atoms with E-state index >= 15 is 0 Å². The molecule has 1 aliphatic carbocycles. The molecule has 0 radical (unpaired) electrons. The average Bonchev–Trinajstić information content (AvgIpc) is 2.93. The molecule has 0 aromatic heterocycles. The van der Waals surface area contributed by atoms with Gasteiger partial charge in [-0.3, -0.25) is 14.9 Å². The zero-order valence-electron chi connectivity index (χ0n) is 11.3. The Kier molecular flexibility index (Phi) is 4.38. The van der Waals surface area contributed by atoms with Crippen LogP contribution in [0.25, 0.3) is 0 Å². The summed E-state index contributed by atoms with van der Waals surface area (Å²) in [5, 5.41) is 31.9. The van der Waals surface area contributed by atoms with Crippen molar-refractivity contribution >= 4 is 17.3 Å². The first-order valence-electron chi connectivity index (χ1n) is 6.68. The highest BCUT2D eigenvalue weighted by atomic mass is 16.6. The average molecular weight is 289 g/mol. The first kappa shape index (κ1) is 14.8. The molecule has 1 aromatic carbocycles. The molecule has 2 atom stereocenters. The van der Waals surface area contributed by atoms with Crippen LogP contribution in [0.1, 0.15) is 24.8 Å². The van der Waals surface area contributed by atoms with E-state index in [-0.39, 0.29) is 23.1 Å². The molecule has 7 heteroatoms. The molecule has 1 fully saturated rings. The molecule has 110 valence electrons. The van der Waals surface area contributed by atoms with Gasteiger partial charge in [-0.1, -0.05) is 6.42 Å². The Balaban J connectivity index is 2.07. The standard InChI is InChI=1S/C14H15N3O4/c15-7-9-4-5-11(6-13(9)17(20)21)16-8-10-2-1-3-12(10)14(18)19/h4-6,10,12,16H,1-3,8H2,(H,18,19). The Bertz CT molecular complexity index is 609. The number of carboxylic acids is 1. The van der Waals surface area contributed by atoms with Gasteiger partial charge in [0, 0.05) is 18.3 Å². The molecule has 0 aliphatic heterocycles. The Labute approximate surface area is 121 Å². The van der Waals surface area contributed by atoms with Crippen molar-refractivity contribution in [2.75, 3.05) is 11.9 Å². The van der Waals surface area contributed by atoms with Gasteiger partial charge in [-0.2, -0.15) is 5.26 Å². The topological polar surface area (TPSA) is 116 Å². The van der Waals surface area contributed by atoms with Gasteiger partial charge >= 0.3 is 5.97 Å². The van der Waals surface area contributed by atoms with Crippen molar-refractivity contribution in [2.24, 2.45) is 11.8 Å². The zero-order chi connectivity index (χ0) is 15.4. The third-order valence-corrected chi connectivity index (χ3v) is 3.86. The van der Waals surface area contributed by atoms with Crippen molar-refractivity contribution in [3.05, 3.63) is 33.9 Å². The summed E-state index contributed by atoms with van der Waals surface area (Å²) in [6, 6.07) is 6.07. The molecule has 0 spiro atoms. The van der Waals surface area contributed by atoms with E-state index < -0.39 is 10.9 Å². The van der Waals surface area contributed by atoms with E-state index in [9.17, 15) is 14.9 Å². The molecule has 0 amide bonds. The number of anilines is 1. The van der Waals surface area contributed by atoms with Gasteiger partial charge in [0.05, 0.1) is 10.8 Å². The number of carbonyl (C=O) groups is 1. The third-order valence-electron chi connectivity index (χ3n) is 3.86. The fraction of sp³-hybridized carbons (Fsp3) is 0.429. The molecule has 0 heterocycles. The monoisotopic (exact) mass is 289 g/mol. The second-order valence-electron chi connectivity index (χ2n) is 5.12. The van der Waals surface area contributed by atoms with Crippen molar-refractivity contribution in [2.45, 2.75) is 19.3 Å². The second-order valence-corrected chi connectivity index (χ2v) is 5.12. The molecule has 7 nitrogen and oxygen atoms in total. The van der Waals surface area contributed by atoms with Gasteiger partial charge in [-0.25, -0.2) is 0 Å². The summed E-state index contributed by atoms with van der Waals surface area (Å²) in [5.74, 6) is -1.12. The fourth-order valence-electron chi connectivity index (χ4n) is 2.74. The molecule has 2 rings (SSSR count). The van der Waals surface area contributed by atoms with E-state index in [1.807, 2.05) is 0 Å². The van der Waals surface area contributed by atoms with Crippen LogP contribution in [0.2, 0.25) is 0 Å². The fourth-order valence-corrected chi connectivity index (χ4v) is 2.74.